The summed E-state index contributed by atoms with van der Waals surface area (Å²) in [6, 6.07) is -0.668. The van der Waals surface area contributed by atoms with Gasteiger partial charge in [0.05, 0.1) is 5.92 Å². The van der Waals surface area contributed by atoms with E-state index in [1.54, 1.807) is 13.8 Å². The summed E-state index contributed by atoms with van der Waals surface area (Å²) < 4.78 is 0. The van der Waals surface area contributed by atoms with Crippen molar-refractivity contribution in [2.24, 2.45) is 5.92 Å². The number of urea groups is 1. The predicted octanol–water partition coefficient (Wildman–Crippen LogP) is 0.881. The van der Waals surface area contributed by atoms with Crippen molar-refractivity contribution in [3.63, 3.8) is 0 Å². The van der Waals surface area contributed by atoms with Crippen LogP contribution in [0.1, 0.15) is 33.1 Å². The third-order valence-corrected chi connectivity index (χ3v) is 3.63. The van der Waals surface area contributed by atoms with Crippen molar-refractivity contribution in [3.8, 4) is 0 Å². The lowest BCUT2D eigenvalue weighted by molar-refractivity contribution is -0.141. The second kappa shape index (κ2) is 7.99. The highest BCUT2D eigenvalue weighted by molar-refractivity contribution is 5.76. The minimum atomic E-state index is -0.901. The molecule has 2 amide bonds. The standard InChI is InChI=1S/C13H25N3O3/c1-10(12(17)18)11(2)15-13(19)14-6-5-9-16-7-3-4-8-16/h10-11H,3-9H2,1-2H3,(H,17,18)(H2,14,15,19). The highest BCUT2D eigenvalue weighted by Crippen LogP contribution is 2.06. The summed E-state index contributed by atoms with van der Waals surface area (Å²) in [7, 11) is 0. The van der Waals surface area contributed by atoms with Crippen LogP contribution >= 0.6 is 0 Å². The normalized spacial score (nSPS) is 18.8. The van der Waals surface area contributed by atoms with E-state index in [9.17, 15) is 9.59 Å². The average molecular weight is 271 g/mol. The first-order valence-electron chi connectivity index (χ1n) is 7.00. The molecular weight excluding hydrogens is 246 g/mol. The number of hydrogen-bond donors (Lipinski definition) is 3. The largest absolute Gasteiger partial charge is 0.481 e. The minimum absolute atomic E-state index is 0.290. The van der Waals surface area contributed by atoms with Gasteiger partial charge in [0, 0.05) is 12.6 Å². The Morgan fingerprint density at radius 3 is 2.47 bits per heavy atom. The number of amides is 2. The van der Waals surface area contributed by atoms with E-state index in [0.717, 1.165) is 13.0 Å². The van der Waals surface area contributed by atoms with Crippen molar-refractivity contribution in [1.29, 1.82) is 0 Å². The number of hydrogen-bond acceptors (Lipinski definition) is 3. The van der Waals surface area contributed by atoms with Gasteiger partial charge in [-0.1, -0.05) is 0 Å². The van der Waals surface area contributed by atoms with Gasteiger partial charge in [0.2, 0.25) is 0 Å². The maximum Gasteiger partial charge on any atom is 0.315 e. The molecule has 2 atom stereocenters. The Hall–Kier alpha value is -1.30. The molecule has 1 aliphatic rings. The van der Waals surface area contributed by atoms with Gasteiger partial charge in [0.15, 0.2) is 0 Å². The predicted molar refractivity (Wildman–Crippen MR) is 73.1 cm³/mol. The summed E-state index contributed by atoms with van der Waals surface area (Å²) in [6.45, 7) is 7.25. The minimum Gasteiger partial charge on any atom is -0.481 e. The fraction of sp³-hybridized carbons (Fsp3) is 0.846. The van der Waals surface area contributed by atoms with Crippen LogP contribution < -0.4 is 10.6 Å². The molecule has 0 bridgehead atoms. The summed E-state index contributed by atoms with van der Waals surface area (Å²) in [4.78, 5) is 24.7. The lowest BCUT2D eigenvalue weighted by atomic mass is 10.0. The molecule has 0 aromatic rings. The third kappa shape index (κ3) is 5.92. The molecule has 110 valence electrons. The molecule has 1 rings (SSSR count). The Bertz CT molecular complexity index is 304. The summed E-state index contributed by atoms with van der Waals surface area (Å²) in [5.41, 5.74) is 0. The topological polar surface area (TPSA) is 81.7 Å². The average Bonchev–Trinajstić information content (AvgIpc) is 2.86. The molecule has 0 saturated carbocycles. The van der Waals surface area contributed by atoms with E-state index in [1.807, 2.05) is 0 Å². The Labute approximate surface area is 114 Å². The fourth-order valence-corrected chi connectivity index (χ4v) is 2.11. The van der Waals surface area contributed by atoms with Gasteiger partial charge in [-0.15, -0.1) is 0 Å². The van der Waals surface area contributed by atoms with Gasteiger partial charge in [0.1, 0.15) is 0 Å². The SMILES string of the molecule is CC(NC(=O)NCCCN1CCCC1)C(C)C(=O)O. The molecule has 6 heteroatoms. The van der Waals surface area contributed by atoms with Crippen molar-refractivity contribution in [3.05, 3.63) is 0 Å². The zero-order chi connectivity index (χ0) is 14.3. The van der Waals surface area contributed by atoms with Crippen LogP contribution in [0.5, 0.6) is 0 Å². The summed E-state index contributed by atoms with van der Waals surface area (Å²) in [5.74, 6) is -1.49. The Kier molecular flexibility index (Phi) is 6.62. The first-order valence-corrected chi connectivity index (χ1v) is 7.00. The van der Waals surface area contributed by atoms with Crippen LogP contribution in [0.25, 0.3) is 0 Å². The van der Waals surface area contributed by atoms with Crippen LogP contribution in [0, 0.1) is 5.92 Å². The highest BCUT2D eigenvalue weighted by Gasteiger charge is 2.20. The van der Waals surface area contributed by atoms with Crippen LogP contribution in [0.4, 0.5) is 4.79 Å². The van der Waals surface area contributed by atoms with Crippen molar-refractivity contribution >= 4 is 12.0 Å². The number of carboxylic acid groups (broad SMARTS) is 1. The van der Waals surface area contributed by atoms with Crippen molar-refractivity contribution in [1.82, 2.24) is 15.5 Å². The third-order valence-electron chi connectivity index (χ3n) is 3.63. The van der Waals surface area contributed by atoms with Crippen LogP contribution in [0.15, 0.2) is 0 Å². The number of nitrogens with one attached hydrogen (secondary N) is 2. The van der Waals surface area contributed by atoms with Crippen LogP contribution in [-0.2, 0) is 4.79 Å². The highest BCUT2D eigenvalue weighted by atomic mass is 16.4. The van der Waals surface area contributed by atoms with E-state index < -0.39 is 11.9 Å². The van der Waals surface area contributed by atoms with Crippen molar-refractivity contribution in [2.45, 2.75) is 39.2 Å². The maximum atomic E-state index is 11.5. The van der Waals surface area contributed by atoms with Gasteiger partial charge in [-0.3, -0.25) is 4.79 Å². The Morgan fingerprint density at radius 1 is 1.26 bits per heavy atom. The molecule has 0 aliphatic carbocycles. The molecule has 1 saturated heterocycles. The molecule has 1 heterocycles. The molecule has 0 radical (unpaired) electrons. The van der Waals surface area contributed by atoms with Gasteiger partial charge >= 0.3 is 12.0 Å². The van der Waals surface area contributed by atoms with Gasteiger partial charge < -0.3 is 20.6 Å². The summed E-state index contributed by atoms with van der Waals surface area (Å²) in [5, 5.41) is 14.2. The van der Waals surface area contributed by atoms with E-state index in [0.29, 0.717) is 6.54 Å². The number of carboxylic acids is 1. The summed E-state index contributed by atoms with van der Waals surface area (Å²) in [6.07, 6.45) is 3.48. The molecule has 1 aliphatic heterocycles. The second-order valence-electron chi connectivity index (χ2n) is 5.22. The number of aliphatic carboxylic acids is 1. The van der Waals surface area contributed by atoms with Crippen LogP contribution in [-0.4, -0.2) is 54.2 Å². The molecule has 2 unspecified atom stereocenters. The van der Waals surface area contributed by atoms with E-state index in [-0.39, 0.29) is 12.1 Å². The Morgan fingerprint density at radius 2 is 1.89 bits per heavy atom. The number of nitrogens with zero attached hydrogens (tertiary/aromatic N) is 1. The van der Waals surface area contributed by atoms with Gasteiger partial charge in [-0.05, 0) is 52.7 Å². The quantitative estimate of drug-likeness (QED) is 0.600. The fourth-order valence-electron chi connectivity index (χ4n) is 2.11. The lowest BCUT2D eigenvalue weighted by Crippen LogP contribution is -2.45. The molecule has 6 nitrogen and oxygen atoms in total. The molecule has 0 spiro atoms. The van der Waals surface area contributed by atoms with Gasteiger partial charge in [-0.25, -0.2) is 4.79 Å². The number of rotatable bonds is 7. The van der Waals surface area contributed by atoms with E-state index >= 15 is 0 Å². The first kappa shape index (κ1) is 15.8. The van der Waals surface area contributed by atoms with Crippen molar-refractivity contribution in [2.75, 3.05) is 26.2 Å². The second-order valence-corrected chi connectivity index (χ2v) is 5.22. The number of carbonyl (C=O) groups excluding carboxylic acids is 1. The molecule has 3 N–H and O–H groups in total. The number of carbonyl (C=O) groups is 2. The smallest absolute Gasteiger partial charge is 0.315 e. The maximum absolute atomic E-state index is 11.5. The van der Waals surface area contributed by atoms with Gasteiger partial charge in [0.25, 0.3) is 0 Å². The molecular formula is C13H25N3O3. The monoisotopic (exact) mass is 271 g/mol. The summed E-state index contributed by atoms with van der Waals surface area (Å²) >= 11 is 0. The zero-order valence-electron chi connectivity index (χ0n) is 11.8. The zero-order valence-corrected chi connectivity index (χ0v) is 11.8. The first-order chi connectivity index (χ1) is 9.00. The van der Waals surface area contributed by atoms with Crippen LogP contribution in [0.3, 0.4) is 0 Å². The molecule has 0 aromatic carbocycles. The lowest BCUT2D eigenvalue weighted by Gasteiger charge is -2.18. The molecule has 0 aromatic heterocycles. The molecule has 19 heavy (non-hydrogen) atoms. The van der Waals surface area contributed by atoms with E-state index in [4.69, 9.17) is 5.11 Å². The van der Waals surface area contributed by atoms with E-state index in [2.05, 4.69) is 15.5 Å². The van der Waals surface area contributed by atoms with Crippen LogP contribution in [0.2, 0.25) is 0 Å². The van der Waals surface area contributed by atoms with Gasteiger partial charge in [-0.2, -0.15) is 0 Å². The van der Waals surface area contributed by atoms with E-state index in [1.165, 1.54) is 25.9 Å². The van der Waals surface area contributed by atoms with Crippen molar-refractivity contribution < 1.29 is 14.7 Å². The molecule has 1 fully saturated rings. The number of likely N-dealkylation sites (tertiary alicyclic amines) is 1. The Balaban J connectivity index is 2.08.